The van der Waals surface area contributed by atoms with Gasteiger partial charge in [0, 0.05) is 42.3 Å². The van der Waals surface area contributed by atoms with Crippen LogP contribution in [0.2, 0.25) is 5.02 Å². The summed E-state index contributed by atoms with van der Waals surface area (Å²) in [6.07, 6.45) is -0.520. The molecule has 28 heavy (non-hydrogen) atoms. The highest BCUT2D eigenvalue weighted by atomic mass is 35.5. The zero-order valence-corrected chi connectivity index (χ0v) is 16.6. The Balaban J connectivity index is 1.39. The van der Waals surface area contributed by atoms with Crippen LogP contribution in [0.1, 0.15) is 6.92 Å². The molecular formula is C23H23ClN2O2. The lowest BCUT2D eigenvalue weighted by atomic mass is 10.1. The van der Waals surface area contributed by atoms with E-state index in [1.807, 2.05) is 78.6 Å². The first kappa shape index (κ1) is 18.6. The van der Waals surface area contributed by atoms with Crippen LogP contribution in [-0.4, -0.2) is 43.1 Å². The van der Waals surface area contributed by atoms with Crippen LogP contribution in [0.3, 0.4) is 0 Å². The molecule has 3 aromatic rings. The number of carbonyl (C=O) groups excluding carboxylic acids is 1. The van der Waals surface area contributed by atoms with Crippen molar-refractivity contribution >= 4 is 34.0 Å². The lowest BCUT2D eigenvalue weighted by Gasteiger charge is -2.37. The molecule has 0 spiro atoms. The fourth-order valence-electron chi connectivity index (χ4n) is 3.63. The number of benzene rings is 3. The van der Waals surface area contributed by atoms with Crippen LogP contribution in [0.5, 0.6) is 5.75 Å². The number of hydrogen-bond donors (Lipinski definition) is 0. The van der Waals surface area contributed by atoms with Crippen molar-refractivity contribution in [3.8, 4) is 5.75 Å². The summed E-state index contributed by atoms with van der Waals surface area (Å²) in [4.78, 5) is 17.1. The Hall–Kier alpha value is -2.72. The fourth-order valence-corrected chi connectivity index (χ4v) is 3.76. The first-order valence-electron chi connectivity index (χ1n) is 9.55. The van der Waals surface area contributed by atoms with Crippen molar-refractivity contribution in [3.63, 3.8) is 0 Å². The van der Waals surface area contributed by atoms with E-state index in [1.54, 1.807) is 0 Å². The Kier molecular flexibility index (Phi) is 5.40. The molecule has 5 heteroatoms. The third kappa shape index (κ3) is 3.92. The van der Waals surface area contributed by atoms with Gasteiger partial charge in [-0.3, -0.25) is 4.79 Å². The highest BCUT2D eigenvalue weighted by Gasteiger charge is 2.26. The Labute approximate surface area is 170 Å². The second kappa shape index (κ2) is 8.11. The maximum atomic E-state index is 12.9. The molecule has 1 unspecified atom stereocenters. The number of ether oxygens (including phenoxy) is 1. The van der Waals surface area contributed by atoms with Crippen molar-refractivity contribution in [2.75, 3.05) is 31.1 Å². The molecule has 1 aliphatic heterocycles. The van der Waals surface area contributed by atoms with Gasteiger partial charge in [-0.25, -0.2) is 0 Å². The number of hydrogen-bond acceptors (Lipinski definition) is 3. The molecule has 1 heterocycles. The van der Waals surface area contributed by atoms with Crippen molar-refractivity contribution in [1.29, 1.82) is 0 Å². The minimum atomic E-state index is -0.520. The number of carbonyl (C=O) groups is 1. The van der Waals surface area contributed by atoms with Crippen LogP contribution < -0.4 is 9.64 Å². The van der Waals surface area contributed by atoms with E-state index in [9.17, 15) is 4.79 Å². The first-order valence-corrected chi connectivity index (χ1v) is 9.93. The molecule has 1 aliphatic rings. The Morgan fingerprint density at radius 3 is 2.36 bits per heavy atom. The van der Waals surface area contributed by atoms with Gasteiger partial charge in [0.05, 0.1) is 0 Å². The second-order valence-electron chi connectivity index (χ2n) is 7.03. The molecule has 1 amide bonds. The third-order valence-corrected chi connectivity index (χ3v) is 5.44. The highest BCUT2D eigenvalue weighted by molar-refractivity contribution is 6.30. The molecular weight excluding hydrogens is 372 g/mol. The number of halogens is 1. The Bertz CT molecular complexity index is 961. The van der Waals surface area contributed by atoms with Crippen LogP contribution >= 0.6 is 11.6 Å². The minimum Gasteiger partial charge on any atom is -0.480 e. The summed E-state index contributed by atoms with van der Waals surface area (Å²) >= 11 is 5.97. The van der Waals surface area contributed by atoms with Crippen LogP contribution in [0, 0.1) is 0 Å². The van der Waals surface area contributed by atoms with Gasteiger partial charge in [-0.15, -0.1) is 0 Å². The summed E-state index contributed by atoms with van der Waals surface area (Å²) in [6, 6.07) is 21.8. The minimum absolute atomic E-state index is 0.0312. The number of rotatable bonds is 4. The van der Waals surface area contributed by atoms with Gasteiger partial charge >= 0.3 is 0 Å². The molecule has 1 saturated heterocycles. The molecule has 0 radical (unpaired) electrons. The zero-order chi connectivity index (χ0) is 19.5. The van der Waals surface area contributed by atoms with Crippen LogP contribution in [0.15, 0.2) is 66.7 Å². The molecule has 3 aromatic carbocycles. The summed E-state index contributed by atoms with van der Waals surface area (Å²) in [5.74, 6) is 0.780. The van der Waals surface area contributed by atoms with Gasteiger partial charge in [0.15, 0.2) is 6.10 Å². The van der Waals surface area contributed by atoms with Crippen molar-refractivity contribution in [1.82, 2.24) is 4.90 Å². The van der Waals surface area contributed by atoms with E-state index in [1.165, 1.54) is 0 Å². The fraction of sp³-hybridized carbons (Fsp3) is 0.261. The van der Waals surface area contributed by atoms with Gasteiger partial charge in [0.25, 0.3) is 5.91 Å². The first-order chi connectivity index (χ1) is 13.6. The van der Waals surface area contributed by atoms with E-state index < -0.39 is 6.10 Å². The van der Waals surface area contributed by atoms with Gasteiger partial charge in [0.2, 0.25) is 0 Å². The van der Waals surface area contributed by atoms with Crippen LogP contribution in [0.4, 0.5) is 5.69 Å². The predicted octanol–water partition coefficient (Wildman–Crippen LogP) is 4.61. The van der Waals surface area contributed by atoms with Gasteiger partial charge < -0.3 is 14.5 Å². The average Bonchev–Trinajstić information content (AvgIpc) is 2.74. The van der Waals surface area contributed by atoms with E-state index in [0.29, 0.717) is 13.1 Å². The lowest BCUT2D eigenvalue weighted by Crippen LogP contribution is -2.52. The molecule has 1 fully saturated rings. The molecule has 0 N–H and O–H groups in total. The lowest BCUT2D eigenvalue weighted by molar-refractivity contribution is -0.138. The quantitative estimate of drug-likeness (QED) is 0.647. The normalized spacial score (nSPS) is 15.5. The average molecular weight is 395 g/mol. The summed E-state index contributed by atoms with van der Waals surface area (Å²) in [5, 5.41) is 2.87. The van der Waals surface area contributed by atoms with Crippen molar-refractivity contribution < 1.29 is 9.53 Å². The van der Waals surface area contributed by atoms with E-state index in [0.717, 1.165) is 40.3 Å². The molecule has 0 aromatic heterocycles. The number of piperazine rings is 1. The van der Waals surface area contributed by atoms with Crippen molar-refractivity contribution in [3.05, 3.63) is 71.8 Å². The topological polar surface area (TPSA) is 32.8 Å². The van der Waals surface area contributed by atoms with Crippen molar-refractivity contribution in [2.45, 2.75) is 13.0 Å². The molecule has 0 bridgehead atoms. The van der Waals surface area contributed by atoms with E-state index >= 15 is 0 Å². The monoisotopic (exact) mass is 394 g/mol. The Morgan fingerprint density at radius 2 is 1.61 bits per heavy atom. The SMILES string of the molecule is CC(Oc1cccc2ccccc12)C(=O)N1CCN(c2ccc(Cl)cc2)CC1. The summed E-state index contributed by atoms with van der Waals surface area (Å²) in [7, 11) is 0. The molecule has 144 valence electrons. The van der Waals surface area contributed by atoms with Crippen LogP contribution in [-0.2, 0) is 4.79 Å². The zero-order valence-electron chi connectivity index (χ0n) is 15.8. The maximum Gasteiger partial charge on any atom is 0.263 e. The molecule has 4 nitrogen and oxygen atoms in total. The Morgan fingerprint density at radius 1 is 0.929 bits per heavy atom. The maximum absolute atomic E-state index is 12.9. The smallest absolute Gasteiger partial charge is 0.263 e. The van der Waals surface area contributed by atoms with Crippen molar-refractivity contribution in [2.24, 2.45) is 0 Å². The van der Waals surface area contributed by atoms with Crippen LogP contribution in [0.25, 0.3) is 10.8 Å². The summed E-state index contributed by atoms with van der Waals surface area (Å²) in [5.41, 5.74) is 1.14. The van der Waals surface area contributed by atoms with E-state index in [-0.39, 0.29) is 5.91 Å². The van der Waals surface area contributed by atoms with Gasteiger partial charge in [-0.05, 0) is 42.6 Å². The molecule has 0 saturated carbocycles. The molecule has 4 rings (SSSR count). The summed E-state index contributed by atoms with van der Waals surface area (Å²) in [6.45, 7) is 4.80. The van der Waals surface area contributed by atoms with E-state index in [2.05, 4.69) is 4.90 Å². The number of nitrogens with zero attached hydrogens (tertiary/aromatic N) is 2. The number of amides is 1. The van der Waals surface area contributed by atoms with Gasteiger partial charge in [-0.1, -0.05) is 48.0 Å². The highest BCUT2D eigenvalue weighted by Crippen LogP contribution is 2.26. The third-order valence-electron chi connectivity index (χ3n) is 5.18. The second-order valence-corrected chi connectivity index (χ2v) is 7.46. The number of anilines is 1. The predicted molar refractivity (Wildman–Crippen MR) is 114 cm³/mol. The van der Waals surface area contributed by atoms with Gasteiger partial charge in [0.1, 0.15) is 5.75 Å². The molecule has 1 atom stereocenters. The van der Waals surface area contributed by atoms with Gasteiger partial charge in [-0.2, -0.15) is 0 Å². The molecule has 0 aliphatic carbocycles. The van der Waals surface area contributed by atoms with E-state index in [4.69, 9.17) is 16.3 Å². The largest absolute Gasteiger partial charge is 0.480 e. The standard InChI is InChI=1S/C23H23ClN2O2/c1-17(28-22-8-4-6-18-5-2-3-7-21(18)22)23(27)26-15-13-25(14-16-26)20-11-9-19(24)10-12-20/h2-12,17H,13-16H2,1H3. The number of fused-ring (bicyclic) bond motifs is 1. The summed E-state index contributed by atoms with van der Waals surface area (Å²) < 4.78 is 6.05.